The van der Waals surface area contributed by atoms with Crippen LogP contribution in [0.5, 0.6) is 5.75 Å². The molecule has 0 radical (unpaired) electrons. The molecule has 1 aliphatic heterocycles. The lowest BCUT2D eigenvalue weighted by atomic mass is 10.1. The van der Waals surface area contributed by atoms with Gasteiger partial charge in [0, 0.05) is 18.9 Å². The molecule has 1 amide bonds. The van der Waals surface area contributed by atoms with Gasteiger partial charge in [-0.25, -0.2) is 0 Å². The summed E-state index contributed by atoms with van der Waals surface area (Å²) in [6, 6.07) is 10.9. The van der Waals surface area contributed by atoms with Gasteiger partial charge in [0.2, 0.25) is 0 Å². The molecule has 0 spiro atoms. The van der Waals surface area contributed by atoms with Crippen molar-refractivity contribution in [2.75, 3.05) is 0 Å². The van der Waals surface area contributed by atoms with Crippen molar-refractivity contribution < 1.29 is 19.1 Å². The topological polar surface area (TPSA) is 71.7 Å². The average Bonchev–Trinajstić information content (AvgIpc) is 3.16. The fourth-order valence-electron chi connectivity index (χ4n) is 2.65. The Morgan fingerprint density at radius 3 is 2.91 bits per heavy atom. The monoisotopic (exact) mass is 301 g/mol. The first-order chi connectivity index (χ1) is 10.6. The normalized spacial score (nSPS) is 19.1. The molecule has 3 unspecified atom stereocenters. The number of para-hydroxylation sites is 1. The van der Waals surface area contributed by atoms with Gasteiger partial charge in [-0.1, -0.05) is 18.2 Å². The molecule has 2 N–H and O–H groups in total. The number of aliphatic hydroxyl groups excluding tert-OH is 1. The number of aliphatic hydroxyl groups is 1. The van der Waals surface area contributed by atoms with E-state index in [0.717, 1.165) is 11.3 Å². The van der Waals surface area contributed by atoms with Crippen molar-refractivity contribution in [2.24, 2.45) is 0 Å². The Morgan fingerprint density at radius 2 is 2.18 bits per heavy atom. The van der Waals surface area contributed by atoms with Crippen LogP contribution in [0.15, 0.2) is 47.1 Å². The summed E-state index contributed by atoms with van der Waals surface area (Å²) in [4.78, 5) is 12.3. The summed E-state index contributed by atoms with van der Waals surface area (Å²) in [5.74, 6) is 1.12. The summed E-state index contributed by atoms with van der Waals surface area (Å²) in [5, 5.41) is 12.9. The van der Waals surface area contributed by atoms with E-state index in [0.29, 0.717) is 18.6 Å². The smallest absolute Gasteiger partial charge is 0.261 e. The molecule has 2 heterocycles. The first-order valence-electron chi connectivity index (χ1n) is 7.40. The highest BCUT2D eigenvalue weighted by atomic mass is 16.5. The zero-order valence-electron chi connectivity index (χ0n) is 12.4. The molecule has 3 rings (SSSR count). The Morgan fingerprint density at radius 1 is 1.36 bits per heavy atom. The standard InChI is InChI=1S/C17H19NO4/c1-11(9-13(19)15-7-4-8-21-15)18-17(20)16-10-12-5-2-3-6-14(12)22-16/h2-8,11,13,16,19H,9-10H2,1H3,(H,18,20). The number of rotatable bonds is 5. The van der Waals surface area contributed by atoms with Crippen LogP contribution in [0.25, 0.3) is 0 Å². The highest BCUT2D eigenvalue weighted by Crippen LogP contribution is 2.28. The second-order valence-corrected chi connectivity index (χ2v) is 5.59. The Kier molecular flexibility index (Phi) is 4.15. The van der Waals surface area contributed by atoms with E-state index in [1.54, 1.807) is 12.1 Å². The second-order valence-electron chi connectivity index (χ2n) is 5.59. The van der Waals surface area contributed by atoms with Crippen LogP contribution in [-0.2, 0) is 11.2 Å². The number of carbonyl (C=O) groups is 1. The summed E-state index contributed by atoms with van der Waals surface area (Å²) in [7, 11) is 0. The van der Waals surface area contributed by atoms with Gasteiger partial charge in [-0.2, -0.15) is 0 Å². The molecule has 22 heavy (non-hydrogen) atoms. The molecule has 1 aromatic heterocycles. The molecule has 0 bridgehead atoms. The van der Waals surface area contributed by atoms with Gasteiger partial charge in [-0.05, 0) is 30.7 Å². The summed E-state index contributed by atoms with van der Waals surface area (Å²) < 4.78 is 10.8. The molecule has 1 aliphatic rings. The summed E-state index contributed by atoms with van der Waals surface area (Å²) >= 11 is 0. The highest BCUT2D eigenvalue weighted by Gasteiger charge is 2.29. The van der Waals surface area contributed by atoms with Crippen molar-refractivity contribution in [3.63, 3.8) is 0 Å². The van der Waals surface area contributed by atoms with Crippen molar-refractivity contribution in [1.29, 1.82) is 0 Å². The maximum absolute atomic E-state index is 12.3. The van der Waals surface area contributed by atoms with Crippen LogP contribution in [0.3, 0.4) is 0 Å². The second kappa shape index (κ2) is 6.23. The van der Waals surface area contributed by atoms with E-state index >= 15 is 0 Å². The Hall–Kier alpha value is -2.27. The maximum Gasteiger partial charge on any atom is 0.261 e. The predicted octanol–water partition coefficient (Wildman–Crippen LogP) is 2.21. The first kappa shape index (κ1) is 14.7. The predicted molar refractivity (Wildman–Crippen MR) is 80.5 cm³/mol. The van der Waals surface area contributed by atoms with Crippen molar-refractivity contribution >= 4 is 5.91 Å². The van der Waals surface area contributed by atoms with Crippen LogP contribution in [0.1, 0.15) is 30.8 Å². The molecule has 0 fully saturated rings. The molecule has 2 aromatic rings. The third kappa shape index (κ3) is 3.14. The molecule has 116 valence electrons. The number of fused-ring (bicyclic) bond motifs is 1. The fraction of sp³-hybridized carbons (Fsp3) is 0.353. The van der Waals surface area contributed by atoms with E-state index in [2.05, 4.69) is 5.32 Å². The van der Waals surface area contributed by atoms with E-state index in [9.17, 15) is 9.90 Å². The SMILES string of the molecule is CC(CC(O)c1ccco1)NC(=O)C1Cc2ccccc2O1. The molecular weight excluding hydrogens is 282 g/mol. The minimum absolute atomic E-state index is 0.157. The van der Waals surface area contributed by atoms with Crippen LogP contribution in [0, 0.1) is 0 Å². The van der Waals surface area contributed by atoms with Gasteiger partial charge in [0.15, 0.2) is 6.10 Å². The van der Waals surface area contributed by atoms with E-state index in [1.165, 1.54) is 6.26 Å². The van der Waals surface area contributed by atoms with Gasteiger partial charge in [0.05, 0.1) is 6.26 Å². The van der Waals surface area contributed by atoms with Crippen molar-refractivity contribution in [3.8, 4) is 5.75 Å². The zero-order valence-corrected chi connectivity index (χ0v) is 12.4. The number of furan rings is 1. The van der Waals surface area contributed by atoms with Gasteiger partial charge in [-0.15, -0.1) is 0 Å². The number of hydrogen-bond acceptors (Lipinski definition) is 4. The molecular formula is C17H19NO4. The van der Waals surface area contributed by atoms with Crippen LogP contribution in [-0.4, -0.2) is 23.2 Å². The summed E-state index contributed by atoms with van der Waals surface area (Å²) in [6.07, 6.45) is 1.26. The Labute approximate surface area is 128 Å². The average molecular weight is 301 g/mol. The molecule has 5 heteroatoms. The van der Waals surface area contributed by atoms with Gasteiger partial charge in [0.25, 0.3) is 5.91 Å². The number of carbonyl (C=O) groups excluding carboxylic acids is 1. The van der Waals surface area contributed by atoms with Crippen molar-refractivity contribution in [2.45, 2.75) is 38.0 Å². The molecule has 3 atom stereocenters. The molecule has 5 nitrogen and oxygen atoms in total. The summed E-state index contributed by atoms with van der Waals surface area (Å²) in [6.45, 7) is 1.85. The van der Waals surface area contributed by atoms with Gasteiger partial charge >= 0.3 is 0 Å². The number of amides is 1. The summed E-state index contributed by atoms with van der Waals surface area (Å²) in [5.41, 5.74) is 1.05. The lowest BCUT2D eigenvalue weighted by Crippen LogP contribution is -2.42. The minimum atomic E-state index is -0.730. The van der Waals surface area contributed by atoms with Crippen LogP contribution in [0.4, 0.5) is 0 Å². The van der Waals surface area contributed by atoms with Gasteiger partial charge < -0.3 is 19.6 Å². The van der Waals surface area contributed by atoms with E-state index < -0.39 is 12.2 Å². The maximum atomic E-state index is 12.3. The van der Waals surface area contributed by atoms with E-state index in [-0.39, 0.29) is 11.9 Å². The Balaban J connectivity index is 1.52. The van der Waals surface area contributed by atoms with Crippen molar-refractivity contribution in [3.05, 3.63) is 54.0 Å². The van der Waals surface area contributed by atoms with Gasteiger partial charge in [0.1, 0.15) is 17.6 Å². The third-order valence-electron chi connectivity index (χ3n) is 3.78. The van der Waals surface area contributed by atoms with Gasteiger partial charge in [-0.3, -0.25) is 4.79 Å². The number of ether oxygens (including phenoxy) is 1. The molecule has 0 saturated heterocycles. The lowest BCUT2D eigenvalue weighted by Gasteiger charge is -2.19. The van der Waals surface area contributed by atoms with Crippen LogP contribution >= 0.6 is 0 Å². The number of benzene rings is 1. The Bertz CT molecular complexity index is 613. The van der Waals surface area contributed by atoms with E-state index in [4.69, 9.17) is 9.15 Å². The quantitative estimate of drug-likeness (QED) is 0.888. The van der Waals surface area contributed by atoms with E-state index in [1.807, 2.05) is 31.2 Å². The molecule has 1 aromatic carbocycles. The fourth-order valence-corrected chi connectivity index (χ4v) is 2.65. The van der Waals surface area contributed by atoms with Crippen LogP contribution in [0.2, 0.25) is 0 Å². The molecule has 0 saturated carbocycles. The highest BCUT2D eigenvalue weighted by molar-refractivity contribution is 5.82. The van der Waals surface area contributed by atoms with Crippen LogP contribution < -0.4 is 10.1 Å². The largest absolute Gasteiger partial charge is 0.480 e. The number of nitrogens with one attached hydrogen (secondary N) is 1. The minimum Gasteiger partial charge on any atom is -0.480 e. The third-order valence-corrected chi connectivity index (χ3v) is 3.78. The van der Waals surface area contributed by atoms with Crippen molar-refractivity contribution in [1.82, 2.24) is 5.32 Å². The lowest BCUT2D eigenvalue weighted by molar-refractivity contribution is -0.128. The zero-order chi connectivity index (χ0) is 15.5. The molecule has 0 aliphatic carbocycles. The first-order valence-corrected chi connectivity index (χ1v) is 7.40. The number of hydrogen-bond donors (Lipinski definition) is 2.